The van der Waals surface area contributed by atoms with Gasteiger partial charge in [0.25, 0.3) is 0 Å². The maximum atomic E-state index is 11.6. The molecule has 18 heavy (non-hydrogen) atoms. The second-order valence-corrected chi connectivity index (χ2v) is 4.79. The van der Waals surface area contributed by atoms with E-state index in [0.29, 0.717) is 11.5 Å². The molecule has 0 fully saturated rings. The van der Waals surface area contributed by atoms with E-state index in [0.717, 1.165) is 5.56 Å². The molecule has 0 aliphatic rings. The van der Waals surface area contributed by atoms with E-state index in [9.17, 15) is 4.21 Å². The average molecular weight is 258 g/mol. The van der Waals surface area contributed by atoms with E-state index in [2.05, 4.69) is 0 Å². The summed E-state index contributed by atoms with van der Waals surface area (Å²) < 4.78 is 16.9. The van der Waals surface area contributed by atoms with Gasteiger partial charge in [0.15, 0.2) is 0 Å². The van der Waals surface area contributed by atoms with Crippen LogP contribution in [0.3, 0.4) is 0 Å². The lowest BCUT2D eigenvalue weighted by molar-refractivity contribution is 0.565. The summed E-state index contributed by atoms with van der Waals surface area (Å²) in [6.45, 7) is 0. The second kappa shape index (κ2) is 6.77. The van der Waals surface area contributed by atoms with Crippen molar-refractivity contribution in [3.63, 3.8) is 0 Å². The largest absolute Gasteiger partial charge is 0.400 e. The molecule has 0 aliphatic carbocycles. The fourth-order valence-electron chi connectivity index (χ4n) is 1.44. The Balaban J connectivity index is 1.84. The Kier molecular flexibility index (Phi) is 4.73. The molecule has 2 aromatic carbocycles. The molecule has 0 aliphatic heterocycles. The number of rotatable bonds is 5. The van der Waals surface area contributed by atoms with Crippen molar-refractivity contribution in [1.82, 2.24) is 0 Å². The topological polar surface area (TPSA) is 26.3 Å². The van der Waals surface area contributed by atoms with Gasteiger partial charge in [-0.25, -0.2) is 4.21 Å². The normalized spacial score (nSPS) is 12.4. The molecule has 0 heterocycles. The summed E-state index contributed by atoms with van der Waals surface area (Å²) in [5, 5.41) is 0. The van der Waals surface area contributed by atoms with Crippen LogP contribution in [-0.2, 0) is 11.1 Å². The first-order chi connectivity index (χ1) is 8.84. The van der Waals surface area contributed by atoms with E-state index in [1.807, 2.05) is 60.7 Å². The van der Waals surface area contributed by atoms with E-state index >= 15 is 0 Å². The summed E-state index contributed by atoms with van der Waals surface area (Å²) in [5.74, 6) is 1.01. The minimum atomic E-state index is -1.33. The summed E-state index contributed by atoms with van der Waals surface area (Å²) in [7, 11) is 0. The molecule has 0 saturated carbocycles. The molecule has 0 spiro atoms. The first kappa shape index (κ1) is 12.6. The number of para-hydroxylation sites is 1. The van der Waals surface area contributed by atoms with Gasteiger partial charge in [-0.3, -0.25) is 0 Å². The molecule has 2 nitrogen and oxygen atoms in total. The Labute approximate surface area is 110 Å². The first-order valence-electron chi connectivity index (χ1n) is 5.68. The van der Waals surface area contributed by atoms with Gasteiger partial charge in [-0.2, -0.15) is 0 Å². The Morgan fingerprint density at radius 1 is 0.944 bits per heavy atom. The summed E-state index contributed by atoms with van der Waals surface area (Å²) in [6, 6.07) is 19.1. The Hall–Kier alpha value is -1.87. The number of benzene rings is 2. The van der Waals surface area contributed by atoms with Crippen LogP contribution >= 0.6 is 0 Å². The highest BCUT2D eigenvalue weighted by atomic mass is 32.2. The van der Waals surface area contributed by atoms with Crippen LogP contribution in [0.4, 0.5) is 0 Å². The third-order valence-corrected chi connectivity index (χ3v) is 3.12. The molecule has 0 amide bonds. The summed E-state index contributed by atoms with van der Waals surface area (Å²) in [6.07, 6.45) is 3.79. The fraction of sp³-hybridized carbons (Fsp3) is 0.0667. The van der Waals surface area contributed by atoms with E-state index in [1.54, 1.807) is 12.1 Å². The van der Waals surface area contributed by atoms with Gasteiger partial charge in [0.1, 0.15) is 5.75 Å². The molecular formula is C15H14O2S. The maximum absolute atomic E-state index is 11.6. The lowest BCUT2D eigenvalue weighted by Gasteiger charge is -2.01. The van der Waals surface area contributed by atoms with Gasteiger partial charge in [0.05, 0.1) is 5.75 Å². The van der Waals surface area contributed by atoms with Crippen LogP contribution in [0.1, 0.15) is 5.56 Å². The minimum absolute atomic E-state index is 0.379. The summed E-state index contributed by atoms with van der Waals surface area (Å²) in [5.41, 5.74) is 1.09. The van der Waals surface area contributed by atoms with Crippen molar-refractivity contribution in [2.24, 2.45) is 0 Å². The molecular weight excluding hydrogens is 244 g/mol. The van der Waals surface area contributed by atoms with E-state index in [-0.39, 0.29) is 0 Å². The zero-order valence-electron chi connectivity index (χ0n) is 9.86. The highest BCUT2D eigenvalue weighted by molar-refractivity contribution is 7.80. The first-order valence-corrected chi connectivity index (χ1v) is 6.92. The van der Waals surface area contributed by atoms with Gasteiger partial charge in [-0.15, -0.1) is 0 Å². The molecule has 0 N–H and O–H groups in total. The standard InChI is InChI=1S/C15H14O2S/c16-18(17-15-11-5-2-6-12-15)13-7-10-14-8-3-1-4-9-14/h1-12H,13H2/b10-7+. The third-order valence-electron chi connectivity index (χ3n) is 2.27. The van der Waals surface area contributed by atoms with Crippen LogP contribution in [0.15, 0.2) is 66.7 Å². The molecule has 0 bridgehead atoms. The predicted molar refractivity (Wildman–Crippen MR) is 75.6 cm³/mol. The van der Waals surface area contributed by atoms with Gasteiger partial charge in [0.2, 0.25) is 11.1 Å². The fourth-order valence-corrected chi connectivity index (χ4v) is 2.09. The number of hydrogen-bond acceptors (Lipinski definition) is 2. The zero-order chi connectivity index (χ0) is 12.6. The van der Waals surface area contributed by atoms with Crippen molar-refractivity contribution < 1.29 is 8.39 Å². The molecule has 0 aromatic heterocycles. The number of hydrogen-bond donors (Lipinski definition) is 0. The predicted octanol–water partition coefficient (Wildman–Crippen LogP) is 3.44. The van der Waals surface area contributed by atoms with Gasteiger partial charge < -0.3 is 4.18 Å². The molecule has 3 heteroatoms. The van der Waals surface area contributed by atoms with Crippen LogP contribution in [0.5, 0.6) is 5.75 Å². The van der Waals surface area contributed by atoms with E-state index < -0.39 is 11.1 Å². The SMILES string of the molecule is O=S(C/C=C/c1ccccc1)Oc1ccccc1. The second-order valence-electron chi connectivity index (χ2n) is 3.68. The van der Waals surface area contributed by atoms with Gasteiger partial charge in [-0.05, 0) is 17.7 Å². The van der Waals surface area contributed by atoms with Crippen LogP contribution in [0.25, 0.3) is 6.08 Å². The Morgan fingerprint density at radius 2 is 1.56 bits per heavy atom. The summed E-state index contributed by atoms with van der Waals surface area (Å²) >= 11 is -1.33. The smallest absolute Gasteiger partial charge is 0.210 e. The maximum Gasteiger partial charge on any atom is 0.210 e. The van der Waals surface area contributed by atoms with Crippen molar-refractivity contribution in [3.8, 4) is 5.75 Å². The van der Waals surface area contributed by atoms with Crippen molar-refractivity contribution in [3.05, 3.63) is 72.3 Å². The van der Waals surface area contributed by atoms with Gasteiger partial charge in [-0.1, -0.05) is 60.7 Å². The van der Waals surface area contributed by atoms with E-state index in [1.165, 1.54) is 0 Å². The molecule has 0 radical (unpaired) electrons. The molecule has 2 rings (SSSR count). The third kappa shape index (κ3) is 4.18. The molecule has 0 saturated heterocycles. The van der Waals surface area contributed by atoms with Crippen molar-refractivity contribution in [2.75, 3.05) is 5.75 Å². The van der Waals surface area contributed by atoms with Crippen LogP contribution in [-0.4, -0.2) is 9.96 Å². The van der Waals surface area contributed by atoms with Crippen molar-refractivity contribution >= 4 is 17.2 Å². The van der Waals surface area contributed by atoms with Crippen molar-refractivity contribution in [1.29, 1.82) is 0 Å². The molecule has 2 aromatic rings. The quantitative estimate of drug-likeness (QED) is 0.821. The van der Waals surface area contributed by atoms with Crippen LogP contribution in [0, 0.1) is 0 Å². The Morgan fingerprint density at radius 3 is 2.22 bits per heavy atom. The Bertz CT molecular complexity index is 521. The molecule has 1 atom stereocenters. The molecule has 1 unspecified atom stereocenters. The molecule has 92 valence electrons. The van der Waals surface area contributed by atoms with Crippen LogP contribution < -0.4 is 4.18 Å². The highest BCUT2D eigenvalue weighted by Gasteiger charge is 1.98. The average Bonchev–Trinajstić information content (AvgIpc) is 2.41. The van der Waals surface area contributed by atoms with E-state index in [4.69, 9.17) is 4.18 Å². The minimum Gasteiger partial charge on any atom is -0.400 e. The lowest BCUT2D eigenvalue weighted by atomic mass is 10.2. The summed E-state index contributed by atoms with van der Waals surface area (Å²) in [4.78, 5) is 0. The monoisotopic (exact) mass is 258 g/mol. The lowest BCUT2D eigenvalue weighted by Crippen LogP contribution is -2.02. The van der Waals surface area contributed by atoms with Gasteiger partial charge in [0, 0.05) is 0 Å². The zero-order valence-corrected chi connectivity index (χ0v) is 10.7. The van der Waals surface area contributed by atoms with Crippen molar-refractivity contribution in [2.45, 2.75) is 0 Å². The van der Waals surface area contributed by atoms with Crippen LogP contribution in [0.2, 0.25) is 0 Å². The highest BCUT2D eigenvalue weighted by Crippen LogP contribution is 2.10. The van der Waals surface area contributed by atoms with Gasteiger partial charge >= 0.3 is 0 Å².